The molecule has 0 radical (unpaired) electrons. The van der Waals surface area contributed by atoms with Crippen molar-refractivity contribution in [1.82, 2.24) is 9.80 Å². The first-order valence-electron chi connectivity index (χ1n) is 7.24. The van der Waals surface area contributed by atoms with Crippen LogP contribution in [0.25, 0.3) is 0 Å². The van der Waals surface area contributed by atoms with Crippen LogP contribution in [-0.2, 0) is 16.1 Å². The molecule has 1 aromatic rings. The molecule has 20 heavy (non-hydrogen) atoms. The highest BCUT2D eigenvalue weighted by Crippen LogP contribution is 2.27. The zero-order valence-electron chi connectivity index (χ0n) is 12.0. The molecule has 0 aromatic heterocycles. The van der Waals surface area contributed by atoms with Gasteiger partial charge in [0.1, 0.15) is 12.1 Å². The van der Waals surface area contributed by atoms with E-state index in [9.17, 15) is 9.59 Å². The van der Waals surface area contributed by atoms with E-state index in [4.69, 9.17) is 0 Å². The number of rotatable bonds is 2. The standard InChI is InChI=1S/C16H20N2O2/c1-11-5-3-6-13(9-11)10-18-12(2)15(19)17-8-4-7-14(17)16(18)20/h3,5-6,9,12,14H,4,7-8,10H2,1-2H3. The molecule has 2 heterocycles. The summed E-state index contributed by atoms with van der Waals surface area (Å²) >= 11 is 0. The monoisotopic (exact) mass is 272 g/mol. The molecule has 1 aromatic carbocycles. The molecule has 2 unspecified atom stereocenters. The lowest BCUT2D eigenvalue weighted by Gasteiger charge is -2.41. The summed E-state index contributed by atoms with van der Waals surface area (Å²) < 4.78 is 0. The number of hydrogen-bond donors (Lipinski definition) is 0. The van der Waals surface area contributed by atoms with E-state index in [2.05, 4.69) is 6.07 Å². The Morgan fingerprint density at radius 3 is 2.80 bits per heavy atom. The lowest BCUT2D eigenvalue weighted by atomic mass is 10.0. The molecule has 0 N–H and O–H groups in total. The van der Waals surface area contributed by atoms with Gasteiger partial charge in [-0.15, -0.1) is 0 Å². The molecule has 2 fully saturated rings. The van der Waals surface area contributed by atoms with Gasteiger partial charge in [-0.3, -0.25) is 9.59 Å². The number of carbonyl (C=O) groups is 2. The summed E-state index contributed by atoms with van der Waals surface area (Å²) in [5, 5.41) is 0. The van der Waals surface area contributed by atoms with Crippen molar-refractivity contribution >= 4 is 11.8 Å². The fourth-order valence-electron chi connectivity index (χ4n) is 3.26. The lowest BCUT2D eigenvalue weighted by molar-refractivity contribution is -0.159. The molecule has 2 atom stereocenters. The lowest BCUT2D eigenvalue weighted by Crippen LogP contribution is -2.61. The molecule has 0 bridgehead atoms. The molecule has 0 spiro atoms. The van der Waals surface area contributed by atoms with Crippen LogP contribution >= 0.6 is 0 Å². The average Bonchev–Trinajstić information content (AvgIpc) is 2.91. The summed E-state index contributed by atoms with van der Waals surface area (Å²) in [5.41, 5.74) is 2.26. The Bertz CT molecular complexity index is 555. The van der Waals surface area contributed by atoms with Crippen LogP contribution in [0.1, 0.15) is 30.9 Å². The predicted octanol–water partition coefficient (Wildman–Crippen LogP) is 1.72. The second kappa shape index (κ2) is 4.93. The summed E-state index contributed by atoms with van der Waals surface area (Å²) in [4.78, 5) is 28.4. The number of aryl methyl sites for hydroxylation is 1. The van der Waals surface area contributed by atoms with Gasteiger partial charge in [0, 0.05) is 13.1 Å². The largest absolute Gasteiger partial charge is 0.329 e. The highest BCUT2D eigenvalue weighted by molar-refractivity contribution is 5.97. The molecule has 2 aliphatic rings. The minimum absolute atomic E-state index is 0.0970. The zero-order valence-corrected chi connectivity index (χ0v) is 12.0. The van der Waals surface area contributed by atoms with E-state index in [0.717, 1.165) is 24.9 Å². The summed E-state index contributed by atoms with van der Waals surface area (Å²) in [6, 6.07) is 7.55. The van der Waals surface area contributed by atoms with Gasteiger partial charge >= 0.3 is 0 Å². The van der Waals surface area contributed by atoms with Crippen molar-refractivity contribution < 1.29 is 9.59 Å². The van der Waals surface area contributed by atoms with Crippen LogP contribution in [0.3, 0.4) is 0 Å². The van der Waals surface area contributed by atoms with Gasteiger partial charge in [0.2, 0.25) is 11.8 Å². The Kier molecular flexibility index (Phi) is 3.24. The Hall–Kier alpha value is -1.84. The van der Waals surface area contributed by atoms with Crippen LogP contribution in [0.15, 0.2) is 24.3 Å². The third-order valence-electron chi connectivity index (χ3n) is 4.36. The first-order chi connectivity index (χ1) is 9.58. The molecule has 2 aliphatic heterocycles. The van der Waals surface area contributed by atoms with Crippen molar-refractivity contribution in [2.75, 3.05) is 6.54 Å². The Labute approximate surface area is 119 Å². The number of hydrogen-bond acceptors (Lipinski definition) is 2. The highest BCUT2D eigenvalue weighted by atomic mass is 16.2. The second-order valence-electron chi connectivity index (χ2n) is 5.82. The van der Waals surface area contributed by atoms with Crippen molar-refractivity contribution in [2.24, 2.45) is 0 Å². The molecule has 0 aliphatic carbocycles. The number of fused-ring (bicyclic) bond motifs is 1. The Balaban J connectivity index is 1.84. The van der Waals surface area contributed by atoms with Gasteiger partial charge in [0.05, 0.1) is 0 Å². The van der Waals surface area contributed by atoms with Crippen LogP contribution < -0.4 is 0 Å². The number of amides is 2. The fraction of sp³-hybridized carbons (Fsp3) is 0.500. The van der Waals surface area contributed by atoms with Crippen LogP contribution in [0.5, 0.6) is 0 Å². The molecule has 2 amide bonds. The minimum Gasteiger partial charge on any atom is -0.329 e. The van der Waals surface area contributed by atoms with Crippen LogP contribution in [0, 0.1) is 6.92 Å². The summed E-state index contributed by atoms with van der Waals surface area (Å²) in [6.07, 6.45) is 1.74. The molecular formula is C16H20N2O2. The van der Waals surface area contributed by atoms with E-state index in [1.165, 1.54) is 5.56 Å². The molecule has 0 saturated carbocycles. The smallest absolute Gasteiger partial charge is 0.246 e. The van der Waals surface area contributed by atoms with Gasteiger partial charge in [-0.25, -0.2) is 0 Å². The van der Waals surface area contributed by atoms with Crippen LogP contribution in [0.4, 0.5) is 0 Å². The van der Waals surface area contributed by atoms with Gasteiger partial charge in [0.15, 0.2) is 0 Å². The van der Waals surface area contributed by atoms with E-state index in [0.29, 0.717) is 6.54 Å². The highest BCUT2D eigenvalue weighted by Gasteiger charge is 2.45. The van der Waals surface area contributed by atoms with E-state index in [1.54, 1.807) is 9.80 Å². The first-order valence-corrected chi connectivity index (χ1v) is 7.24. The molecule has 3 rings (SSSR count). The maximum absolute atomic E-state index is 12.6. The SMILES string of the molecule is Cc1cccc(CN2C(=O)C3CCCN3C(=O)C2C)c1. The summed E-state index contributed by atoms with van der Waals surface area (Å²) in [7, 11) is 0. The molecule has 4 nitrogen and oxygen atoms in total. The number of piperazine rings is 1. The van der Waals surface area contributed by atoms with Gasteiger partial charge in [-0.05, 0) is 32.3 Å². The molecular weight excluding hydrogens is 252 g/mol. The predicted molar refractivity (Wildman–Crippen MR) is 75.9 cm³/mol. The van der Waals surface area contributed by atoms with Gasteiger partial charge in [-0.2, -0.15) is 0 Å². The first kappa shape index (κ1) is 13.2. The van der Waals surface area contributed by atoms with E-state index < -0.39 is 0 Å². The van der Waals surface area contributed by atoms with Crippen molar-refractivity contribution in [1.29, 1.82) is 0 Å². The van der Waals surface area contributed by atoms with Crippen molar-refractivity contribution in [3.63, 3.8) is 0 Å². The second-order valence-corrected chi connectivity index (χ2v) is 5.82. The number of nitrogens with zero attached hydrogens (tertiary/aromatic N) is 2. The summed E-state index contributed by atoms with van der Waals surface area (Å²) in [6.45, 7) is 5.13. The van der Waals surface area contributed by atoms with Gasteiger partial charge in [-0.1, -0.05) is 29.8 Å². The Morgan fingerprint density at radius 1 is 1.25 bits per heavy atom. The number of carbonyl (C=O) groups excluding carboxylic acids is 2. The average molecular weight is 272 g/mol. The normalized spacial score (nSPS) is 26.1. The van der Waals surface area contributed by atoms with E-state index in [-0.39, 0.29) is 23.9 Å². The van der Waals surface area contributed by atoms with Gasteiger partial charge < -0.3 is 9.80 Å². The van der Waals surface area contributed by atoms with Crippen LogP contribution in [-0.4, -0.2) is 40.2 Å². The Morgan fingerprint density at radius 2 is 2.05 bits per heavy atom. The molecule has 2 saturated heterocycles. The van der Waals surface area contributed by atoms with Gasteiger partial charge in [0.25, 0.3) is 0 Å². The van der Waals surface area contributed by atoms with E-state index in [1.807, 2.05) is 32.0 Å². The molecule has 106 valence electrons. The minimum atomic E-state index is -0.350. The third-order valence-corrected chi connectivity index (χ3v) is 4.36. The molecule has 4 heteroatoms. The number of benzene rings is 1. The topological polar surface area (TPSA) is 40.6 Å². The summed E-state index contributed by atoms with van der Waals surface area (Å²) in [5.74, 6) is 0.204. The fourth-order valence-corrected chi connectivity index (χ4v) is 3.26. The van der Waals surface area contributed by atoms with Crippen molar-refractivity contribution in [3.8, 4) is 0 Å². The zero-order chi connectivity index (χ0) is 14.3. The quantitative estimate of drug-likeness (QED) is 0.822. The van der Waals surface area contributed by atoms with Crippen molar-refractivity contribution in [3.05, 3.63) is 35.4 Å². The van der Waals surface area contributed by atoms with Crippen LogP contribution in [0.2, 0.25) is 0 Å². The van der Waals surface area contributed by atoms with Crippen molar-refractivity contribution in [2.45, 2.75) is 45.3 Å². The maximum atomic E-state index is 12.6. The van der Waals surface area contributed by atoms with E-state index >= 15 is 0 Å². The third kappa shape index (κ3) is 2.09. The maximum Gasteiger partial charge on any atom is 0.246 e.